The molecule has 0 unspecified atom stereocenters. The monoisotopic (exact) mass is 536 g/mol. The summed E-state index contributed by atoms with van der Waals surface area (Å²) in [5.74, 6) is 1.05. The van der Waals surface area contributed by atoms with Crippen molar-refractivity contribution in [1.29, 1.82) is 0 Å². The van der Waals surface area contributed by atoms with Gasteiger partial charge >= 0.3 is 0 Å². The zero-order valence-corrected chi connectivity index (χ0v) is 20.8. The van der Waals surface area contributed by atoms with E-state index in [1.165, 1.54) is 0 Å². The first-order chi connectivity index (χ1) is 14.0. The molecular formula is C22H38FIN4O2. The largest absolute Gasteiger partial charge is 0.393 e. The van der Waals surface area contributed by atoms with Gasteiger partial charge < -0.3 is 25.4 Å². The number of nitrogens with zero attached hydrogens (tertiary/aromatic N) is 2. The Hall–Kier alpha value is -1.13. The topological polar surface area (TPSA) is 69.1 Å². The van der Waals surface area contributed by atoms with Gasteiger partial charge in [0.15, 0.2) is 5.96 Å². The summed E-state index contributed by atoms with van der Waals surface area (Å²) >= 11 is 0. The molecule has 0 atom stereocenters. The van der Waals surface area contributed by atoms with Crippen LogP contribution in [0.25, 0.3) is 0 Å². The summed E-state index contributed by atoms with van der Waals surface area (Å²) in [5.41, 5.74) is 1.44. The van der Waals surface area contributed by atoms with Crippen LogP contribution in [0.5, 0.6) is 0 Å². The molecule has 0 aliphatic carbocycles. The standard InChI is InChI=1S/C22H37FN4O2.HI/c1-4-24-22(25-10-5-13-29-16-17(2)3)26-15-18-6-7-21(20(23)14-18)27-11-8-19(28)9-12-27;/h6-7,14,17,19,28H,4-5,8-13,15-16H2,1-3H3,(H2,24,25,26);1H. The average molecular weight is 536 g/mol. The predicted molar refractivity (Wildman–Crippen MR) is 132 cm³/mol. The number of halogens is 2. The lowest BCUT2D eigenvalue weighted by Gasteiger charge is -2.31. The fourth-order valence-electron chi connectivity index (χ4n) is 3.22. The molecule has 1 aliphatic heterocycles. The van der Waals surface area contributed by atoms with Gasteiger partial charge in [0.2, 0.25) is 0 Å². The maximum atomic E-state index is 14.6. The van der Waals surface area contributed by atoms with E-state index in [-0.39, 0.29) is 35.9 Å². The summed E-state index contributed by atoms with van der Waals surface area (Å²) in [6.07, 6.45) is 2.02. The van der Waals surface area contributed by atoms with Crippen LogP contribution in [0.4, 0.5) is 10.1 Å². The number of piperidine rings is 1. The molecule has 0 bridgehead atoms. The Morgan fingerprint density at radius 3 is 2.67 bits per heavy atom. The number of hydrogen-bond donors (Lipinski definition) is 3. The molecule has 1 fully saturated rings. The highest BCUT2D eigenvalue weighted by atomic mass is 127. The minimum Gasteiger partial charge on any atom is -0.393 e. The third kappa shape index (κ3) is 9.78. The zero-order valence-electron chi connectivity index (χ0n) is 18.5. The van der Waals surface area contributed by atoms with Crippen LogP contribution in [0.15, 0.2) is 23.2 Å². The van der Waals surface area contributed by atoms with Crippen LogP contribution in [-0.4, -0.2) is 56.6 Å². The summed E-state index contributed by atoms with van der Waals surface area (Å²) in [6, 6.07) is 5.31. The van der Waals surface area contributed by atoms with E-state index in [1.54, 1.807) is 6.07 Å². The number of aliphatic hydroxyl groups excluding tert-OH is 1. The average Bonchev–Trinajstić information content (AvgIpc) is 2.69. The minimum absolute atomic E-state index is 0. The SMILES string of the molecule is CCNC(=NCc1ccc(N2CCC(O)CC2)c(F)c1)NCCCOCC(C)C.I. The molecule has 0 saturated carbocycles. The van der Waals surface area contributed by atoms with E-state index in [4.69, 9.17) is 4.74 Å². The van der Waals surface area contributed by atoms with Gasteiger partial charge in [-0.15, -0.1) is 24.0 Å². The zero-order chi connectivity index (χ0) is 21.1. The number of anilines is 1. The Bertz CT molecular complexity index is 638. The third-order valence-corrected chi connectivity index (χ3v) is 4.79. The molecule has 0 radical (unpaired) electrons. The maximum Gasteiger partial charge on any atom is 0.191 e. The van der Waals surface area contributed by atoms with Crippen molar-refractivity contribution in [2.24, 2.45) is 10.9 Å². The molecule has 3 N–H and O–H groups in total. The van der Waals surface area contributed by atoms with Crippen LogP contribution in [0.1, 0.15) is 45.6 Å². The first-order valence-electron chi connectivity index (χ1n) is 10.8. The van der Waals surface area contributed by atoms with Gasteiger partial charge in [0.05, 0.1) is 18.3 Å². The maximum absolute atomic E-state index is 14.6. The molecule has 0 aromatic heterocycles. The predicted octanol–water partition coefficient (Wildman–Crippen LogP) is 3.52. The molecule has 1 aromatic rings. The van der Waals surface area contributed by atoms with Crippen molar-refractivity contribution in [3.63, 3.8) is 0 Å². The van der Waals surface area contributed by atoms with Crippen LogP contribution in [0.3, 0.4) is 0 Å². The van der Waals surface area contributed by atoms with Gasteiger partial charge in [-0.25, -0.2) is 9.38 Å². The van der Waals surface area contributed by atoms with Crippen molar-refractivity contribution >= 4 is 35.6 Å². The molecule has 6 nitrogen and oxygen atoms in total. The highest BCUT2D eigenvalue weighted by molar-refractivity contribution is 14.0. The number of nitrogens with one attached hydrogen (secondary N) is 2. The molecule has 172 valence electrons. The second-order valence-corrected chi connectivity index (χ2v) is 7.95. The van der Waals surface area contributed by atoms with Crippen LogP contribution in [0.2, 0.25) is 0 Å². The Labute approximate surface area is 197 Å². The van der Waals surface area contributed by atoms with Gasteiger partial charge in [-0.05, 0) is 49.8 Å². The molecule has 8 heteroatoms. The summed E-state index contributed by atoms with van der Waals surface area (Å²) in [6.45, 7) is 11.1. The Morgan fingerprint density at radius 1 is 1.30 bits per heavy atom. The van der Waals surface area contributed by atoms with Gasteiger partial charge in [-0.2, -0.15) is 0 Å². The van der Waals surface area contributed by atoms with Crippen molar-refractivity contribution < 1.29 is 14.2 Å². The van der Waals surface area contributed by atoms with Crippen LogP contribution in [0, 0.1) is 11.7 Å². The summed E-state index contributed by atoms with van der Waals surface area (Å²) < 4.78 is 20.2. The molecule has 2 rings (SSSR count). The molecule has 1 heterocycles. The van der Waals surface area contributed by atoms with Crippen molar-refractivity contribution in [3.05, 3.63) is 29.6 Å². The van der Waals surface area contributed by atoms with E-state index < -0.39 is 0 Å². The van der Waals surface area contributed by atoms with Crippen molar-refractivity contribution in [1.82, 2.24) is 10.6 Å². The molecule has 0 amide bonds. The number of rotatable bonds is 10. The summed E-state index contributed by atoms with van der Waals surface area (Å²) in [5, 5.41) is 16.1. The quantitative estimate of drug-likeness (QED) is 0.185. The number of hydrogen-bond acceptors (Lipinski definition) is 4. The van der Waals surface area contributed by atoms with E-state index in [9.17, 15) is 9.50 Å². The molecule has 1 aliphatic rings. The van der Waals surface area contributed by atoms with E-state index in [1.807, 2.05) is 24.0 Å². The molecule has 1 saturated heterocycles. The van der Waals surface area contributed by atoms with Crippen molar-refractivity contribution in [2.45, 2.75) is 52.7 Å². The Balaban J connectivity index is 0.00000450. The lowest BCUT2D eigenvalue weighted by Crippen LogP contribution is -2.38. The molecule has 0 spiro atoms. The number of benzene rings is 1. The van der Waals surface area contributed by atoms with Gasteiger partial charge in [0.25, 0.3) is 0 Å². The first kappa shape index (κ1) is 26.9. The third-order valence-electron chi connectivity index (χ3n) is 4.79. The van der Waals surface area contributed by atoms with E-state index in [2.05, 4.69) is 29.5 Å². The van der Waals surface area contributed by atoms with Crippen LogP contribution >= 0.6 is 24.0 Å². The smallest absolute Gasteiger partial charge is 0.191 e. The highest BCUT2D eigenvalue weighted by Gasteiger charge is 2.19. The number of guanidine groups is 1. The summed E-state index contributed by atoms with van der Waals surface area (Å²) in [4.78, 5) is 6.57. The van der Waals surface area contributed by atoms with Crippen LogP contribution < -0.4 is 15.5 Å². The van der Waals surface area contributed by atoms with E-state index in [0.717, 1.165) is 44.2 Å². The second-order valence-electron chi connectivity index (χ2n) is 7.95. The first-order valence-corrected chi connectivity index (χ1v) is 10.8. The fourth-order valence-corrected chi connectivity index (χ4v) is 3.22. The number of aliphatic imine (C=N–C) groups is 1. The molecule has 1 aromatic carbocycles. The Kier molecular flexibility index (Phi) is 13.3. The van der Waals surface area contributed by atoms with Crippen LogP contribution in [-0.2, 0) is 11.3 Å². The van der Waals surface area contributed by atoms with E-state index >= 15 is 0 Å². The lowest BCUT2D eigenvalue weighted by atomic mass is 10.1. The normalized spacial score (nSPS) is 15.3. The summed E-state index contributed by atoms with van der Waals surface area (Å²) in [7, 11) is 0. The minimum atomic E-state index is -0.262. The molecular weight excluding hydrogens is 498 g/mol. The number of ether oxygens (including phenoxy) is 1. The highest BCUT2D eigenvalue weighted by Crippen LogP contribution is 2.24. The number of aliphatic hydroxyl groups is 1. The lowest BCUT2D eigenvalue weighted by molar-refractivity contribution is 0.108. The van der Waals surface area contributed by atoms with Crippen molar-refractivity contribution in [3.8, 4) is 0 Å². The van der Waals surface area contributed by atoms with E-state index in [0.29, 0.717) is 44.1 Å². The Morgan fingerprint density at radius 2 is 2.03 bits per heavy atom. The van der Waals surface area contributed by atoms with Gasteiger partial charge in [0, 0.05) is 39.4 Å². The second kappa shape index (κ2) is 14.8. The van der Waals surface area contributed by atoms with Gasteiger partial charge in [0.1, 0.15) is 5.82 Å². The van der Waals surface area contributed by atoms with Gasteiger partial charge in [-0.3, -0.25) is 0 Å². The fraction of sp³-hybridized carbons (Fsp3) is 0.682. The van der Waals surface area contributed by atoms with Crippen molar-refractivity contribution in [2.75, 3.05) is 44.3 Å². The van der Waals surface area contributed by atoms with Gasteiger partial charge in [-0.1, -0.05) is 19.9 Å². The molecule has 30 heavy (non-hydrogen) atoms.